The fourth-order valence-corrected chi connectivity index (χ4v) is 2.74. The molecule has 0 unspecified atom stereocenters. The summed E-state index contributed by atoms with van der Waals surface area (Å²) < 4.78 is 0. The number of rotatable bonds is 4. The van der Waals surface area contributed by atoms with E-state index in [0.29, 0.717) is 12.8 Å². The SMILES string of the molecule is N#C[C@H](C[C@@H]1CCC2(CCC2)NC1=O)NC=O. The van der Waals surface area contributed by atoms with E-state index in [-0.39, 0.29) is 17.4 Å². The van der Waals surface area contributed by atoms with Crippen molar-refractivity contribution >= 4 is 12.3 Å². The second-order valence-electron chi connectivity index (χ2n) is 5.06. The van der Waals surface area contributed by atoms with Crippen molar-refractivity contribution in [1.29, 1.82) is 5.26 Å². The van der Waals surface area contributed by atoms with E-state index in [2.05, 4.69) is 10.6 Å². The molecule has 1 saturated heterocycles. The van der Waals surface area contributed by atoms with Gasteiger partial charge >= 0.3 is 0 Å². The molecule has 2 N–H and O–H groups in total. The predicted octanol–water partition coefficient (Wildman–Crippen LogP) is 0.464. The molecule has 0 aromatic rings. The number of piperidine rings is 1. The van der Waals surface area contributed by atoms with Crippen molar-refractivity contribution in [1.82, 2.24) is 10.6 Å². The molecule has 1 heterocycles. The van der Waals surface area contributed by atoms with Crippen LogP contribution in [-0.2, 0) is 9.59 Å². The molecule has 2 aliphatic rings. The number of hydrogen-bond acceptors (Lipinski definition) is 3. The fourth-order valence-electron chi connectivity index (χ4n) is 2.74. The van der Waals surface area contributed by atoms with Crippen LogP contribution in [0.5, 0.6) is 0 Å². The molecule has 17 heavy (non-hydrogen) atoms. The van der Waals surface area contributed by atoms with E-state index >= 15 is 0 Å². The van der Waals surface area contributed by atoms with Crippen LogP contribution >= 0.6 is 0 Å². The summed E-state index contributed by atoms with van der Waals surface area (Å²) in [4.78, 5) is 22.2. The lowest BCUT2D eigenvalue weighted by Crippen LogP contribution is -2.58. The molecule has 2 fully saturated rings. The lowest BCUT2D eigenvalue weighted by Gasteiger charge is -2.47. The maximum Gasteiger partial charge on any atom is 0.223 e. The first-order chi connectivity index (χ1) is 8.19. The van der Waals surface area contributed by atoms with Gasteiger partial charge in [0.25, 0.3) is 0 Å². The van der Waals surface area contributed by atoms with Crippen LogP contribution in [0.3, 0.4) is 0 Å². The van der Waals surface area contributed by atoms with E-state index < -0.39 is 6.04 Å². The third-order valence-electron chi connectivity index (χ3n) is 3.99. The molecule has 92 valence electrons. The average molecular weight is 235 g/mol. The van der Waals surface area contributed by atoms with Gasteiger partial charge in [-0.05, 0) is 38.5 Å². The molecule has 1 saturated carbocycles. The van der Waals surface area contributed by atoms with Gasteiger partial charge in [0.15, 0.2) is 0 Å². The van der Waals surface area contributed by atoms with Gasteiger partial charge in [-0.15, -0.1) is 0 Å². The van der Waals surface area contributed by atoms with Gasteiger partial charge in [0, 0.05) is 11.5 Å². The standard InChI is InChI=1S/C12H17N3O2/c13-7-10(14-8-16)6-9-2-5-12(3-1-4-12)15-11(9)17/h8-10H,1-6H2,(H,14,16)(H,15,17)/t9-,10-/m0/s1. The predicted molar refractivity (Wildman–Crippen MR) is 60.7 cm³/mol. The highest BCUT2D eigenvalue weighted by Gasteiger charge is 2.43. The lowest BCUT2D eigenvalue weighted by molar-refractivity contribution is -0.132. The van der Waals surface area contributed by atoms with Crippen LogP contribution in [0.25, 0.3) is 0 Å². The Morgan fingerprint density at radius 2 is 2.35 bits per heavy atom. The summed E-state index contributed by atoms with van der Waals surface area (Å²) in [5.41, 5.74) is 0.0633. The third kappa shape index (κ3) is 2.41. The first kappa shape index (κ1) is 11.9. The Kier molecular flexibility index (Phi) is 3.32. The number of hydrogen-bond donors (Lipinski definition) is 2. The van der Waals surface area contributed by atoms with Crippen LogP contribution in [0.4, 0.5) is 0 Å². The molecule has 2 atom stereocenters. The molecule has 1 spiro atoms. The van der Waals surface area contributed by atoms with Crippen molar-refractivity contribution in [2.45, 2.75) is 50.1 Å². The number of carbonyl (C=O) groups excluding carboxylic acids is 2. The van der Waals surface area contributed by atoms with Crippen molar-refractivity contribution in [2.75, 3.05) is 0 Å². The van der Waals surface area contributed by atoms with Crippen molar-refractivity contribution in [3.8, 4) is 6.07 Å². The minimum atomic E-state index is -0.557. The largest absolute Gasteiger partial charge is 0.350 e. The van der Waals surface area contributed by atoms with Gasteiger partial charge in [0.2, 0.25) is 12.3 Å². The molecule has 5 heteroatoms. The van der Waals surface area contributed by atoms with Crippen LogP contribution in [0.1, 0.15) is 38.5 Å². The number of nitrogens with zero attached hydrogens (tertiary/aromatic N) is 1. The summed E-state index contributed by atoms with van der Waals surface area (Å²) in [6.07, 6.45) is 6.12. The second-order valence-corrected chi connectivity index (χ2v) is 5.06. The van der Waals surface area contributed by atoms with E-state index in [1.807, 2.05) is 6.07 Å². The Bertz CT molecular complexity index is 357. The topological polar surface area (TPSA) is 82.0 Å². The smallest absolute Gasteiger partial charge is 0.223 e. The van der Waals surface area contributed by atoms with Crippen LogP contribution < -0.4 is 10.6 Å². The van der Waals surface area contributed by atoms with E-state index in [9.17, 15) is 9.59 Å². The minimum absolute atomic E-state index is 0.0453. The summed E-state index contributed by atoms with van der Waals surface area (Å²) in [5.74, 6) is -0.0952. The molecule has 0 radical (unpaired) electrons. The Labute approximate surface area is 101 Å². The van der Waals surface area contributed by atoms with Crippen LogP contribution in [0, 0.1) is 17.2 Å². The Hall–Kier alpha value is -1.57. The van der Waals surface area contributed by atoms with Crippen molar-refractivity contribution in [3.63, 3.8) is 0 Å². The summed E-state index contributed by atoms with van der Waals surface area (Å²) in [6, 6.07) is 1.44. The molecular weight excluding hydrogens is 218 g/mol. The summed E-state index contributed by atoms with van der Waals surface area (Å²) in [5, 5.41) is 14.3. The van der Waals surface area contributed by atoms with Crippen molar-refractivity contribution < 1.29 is 9.59 Å². The molecule has 1 aliphatic carbocycles. The normalized spacial score (nSPS) is 27.5. The summed E-state index contributed by atoms with van der Waals surface area (Å²) >= 11 is 0. The zero-order valence-corrected chi connectivity index (χ0v) is 9.74. The Morgan fingerprint density at radius 3 is 2.82 bits per heavy atom. The number of nitrogens with one attached hydrogen (secondary N) is 2. The quantitative estimate of drug-likeness (QED) is 0.695. The third-order valence-corrected chi connectivity index (χ3v) is 3.99. The van der Waals surface area contributed by atoms with Gasteiger partial charge in [-0.25, -0.2) is 0 Å². The lowest BCUT2D eigenvalue weighted by atomic mass is 9.69. The van der Waals surface area contributed by atoms with Gasteiger partial charge in [-0.3, -0.25) is 9.59 Å². The Balaban J connectivity index is 1.88. The average Bonchev–Trinajstić information content (AvgIpc) is 2.28. The maximum atomic E-state index is 11.9. The van der Waals surface area contributed by atoms with Gasteiger partial charge in [-0.2, -0.15) is 5.26 Å². The van der Waals surface area contributed by atoms with Crippen molar-refractivity contribution in [3.05, 3.63) is 0 Å². The molecule has 0 bridgehead atoms. The summed E-state index contributed by atoms with van der Waals surface area (Å²) in [7, 11) is 0. The fraction of sp³-hybridized carbons (Fsp3) is 0.750. The molecule has 1 aliphatic heterocycles. The second kappa shape index (κ2) is 4.74. The van der Waals surface area contributed by atoms with Crippen LogP contribution in [-0.4, -0.2) is 23.9 Å². The minimum Gasteiger partial charge on any atom is -0.350 e. The van der Waals surface area contributed by atoms with E-state index in [4.69, 9.17) is 5.26 Å². The van der Waals surface area contributed by atoms with Gasteiger partial charge in [0.05, 0.1) is 6.07 Å². The first-order valence-electron chi connectivity index (χ1n) is 6.10. The first-order valence-corrected chi connectivity index (χ1v) is 6.10. The zero-order chi connectivity index (χ0) is 12.3. The van der Waals surface area contributed by atoms with Crippen LogP contribution in [0.2, 0.25) is 0 Å². The highest BCUT2D eigenvalue weighted by atomic mass is 16.2. The molecule has 0 aromatic heterocycles. The van der Waals surface area contributed by atoms with E-state index in [0.717, 1.165) is 25.7 Å². The highest BCUT2D eigenvalue weighted by molar-refractivity contribution is 5.80. The highest BCUT2D eigenvalue weighted by Crippen LogP contribution is 2.40. The zero-order valence-electron chi connectivity index (χ0n) is 9.74. The monoisotopic (exact) mass is 235 g/mol. The van der Waals surface area contributed by atoms with E-state index in [1.165, 1.54) is 6.42 Å². The summed E-state index contributed by atoms with van der Waals surface area (Å²) in [6.45, 7) is 0. The molecule has 5 nitrogen and oxygen atoms in total. The van der Waals surface area contributed by atoms with Crippen molar-refractivity contribution in [2.24, 2.45) is 5.92 Å². The van der Waals surface area contributed by atoms with Crippen LogP contribution in [0.15, 0.2) is 0 Å². The van der Waals surface area contributed by atoms with Gasteiger partial charge < -0.3 is 10.6 Å². The molecular formula is C12H17N3O2. The molecule has 0 aromatic carbocycles. The number of nitriles is 1. The molecule has 2 amide bonds. The van der Waals surface area contributed by atoms with Gasteiger partial charge in [-0.1, -0.05) is 0 Å². The van der Waals surface area contributed by atoms with Gasteiger partial charge in [0.1, 0.15) is 6.04 Å². The Morgan fingerprint density at radius 1 is 1.59 bits per heavy atom. The molecule has 2 rings (SSSR count). The maximum absolute atomic E-state index is 11.9. The number of carbonyl (C=O) groups is 2. The number of amides is 2. The van der Waals surface area contributed by atoms with E-state index in [1.54, 1.807) is 0 Å².